The van der Waals surface area contributed by atoms with Gasteiger partial charge in [0.15, 0.2) is 0 Å². The fourth-order valence-corrected chi connectivity index (χ4v) is 0.960. The Hall–Kier alpha value is -1.30. The van der Waals surface area contributed by atoms with Crippen molar-refractivity contribution in [1.29, 1.82) is 0 Å². The number of hydrogen-bond acceptors (Lipinski definition) is 0. The van der Waals surface area contributed by atoms with E-state index in [4.69, 9.17) is 0 Å². The van der Waals surface area contributed by atoms with Crippen molar-refractivity contribution in [3.63, 3.8) is 0 Å². The van der Waals surface area contributed by atoms with Gasteiger partial charge in [0, 0.05) is 0 Å². The van der Waals surface area contributed by atoms with Crippen LogP contribution in [0.25, 0.3) is 0 Å². The molecular formula is C14H20. The molecule has 14 heavy (non-hydrogen) atoms. The van der Waals surface area contributed by atoms with Gasteiger partial charge >= 0.3 is 0 Å². The molecule has 0 spiro atoms. The van der Waals surface area contributed by atoms with Crippen molar-refractivity contribution < 1.29 is 0 Å². The maximum atomic E-state index is 3.67. The average molecular weight is 188 g/mol. The summed E-state index contributed by atoms with van der Waals surface area (Å²) in [4.78, 5) is 0. The Kier molecular flexibility index (Phi) is 6.47. The molecule has 0 aromatic rings. The van der Waals surface area contributed by atoms with E-state index in [0.717, 1.165) is 0 Å². The van der Waals surface area contributed by atoms with Crippen molar-refractivity contribution in [1.82, 2.24) is 0 Å². The van der Waals surface area contributed by atoms with Crippen LogP contribution in [-0.2, 0) is 0 Å². The van der Waals surface area contributed by atoms with E-state index in [1.807, 2.05) is 13.0 Å². The van der Waals surface area contributed by atoms with Crippen LogP contribution in [0.1, 0.15) is 27.7 Å². The molecule has 0 aliphatic carbocycles. The molecule has 0 nitrogen and oxygen atoms in total. The van der Waals surface area contributed by atoms with Crippen molar-refractivity contribution in [2.24, 2.45) is 0 Å². The van der Waals surface area contributed by atoms with Gasteiger partial charge in [0.1, 0.15) is 0 Å². The first kappa shape index (κ1) is 12.7. The molecule has 0 saturated carbocycles. The highest BCUT2D eigenvalue weighted by Gasteiger charge is 1.93. The smallest absolute Gasteiger partial charge is 0.0228 e. The first-order valence-corrected chi connectivity index (χ1v) is 4.92. The number of hydrogen-bond donors (Lipinski definition) is 0. The fourth-order valence-electron chi connectivity index (χ4n) is 0.960. The molecular weight excluding hydrogens is 168 g/mol. The largest absolute Gasteiger partial charge is 0.0991 e. The normalized spacial score (nSPS) is 15.0. The van der Waals surface area contributed by atoms with Gasteiger partial charge in [-0.2, -0.15) is 0 Å². The predicted octanol–water partition coefficient (Wildman–Crippen LogP) is 4.59. The van der Waals surface area contributed by atoms with E-state index in [-0.39, 0.29) is 0 Å². The van der Waals surface area contributed by atoms with Crippen molar-refractivity contribution in [2.75, 3.05) is 0 Å². The quantitative estimate of drug-likeness (QED) is 0.566. The SMILES string of the molecule is C=C\C=C/C(=C/C(C)=C/C)C(/C)=C\C. The van der Waals surface area contributed by atoms with Crippen molar-refractivity contribution in [2.45, 2.75) is 27.7 Å². The summed E-state index contributed by atoms with van der Waals surface area (Å²) in [5.74, 6) is 0. The third-order valence-corrected chi connectivity index (χ3v) is 2.14. The van der Waals surface area contributed by atoms with Crippen LogP contribution >= 0.6 is 0 Å². The second-order valence-corrected chi connectivity index (χ2v) is 3.20. The van der Waals surface area contributed by atoms with Crippen LogP contribution in [0, 0.1) is 0 Å². The summed E-state index contributed by atoms with van der Waals surface area (Å²) < 4.78 is 0. The molecule has 0 fully saturated rings. The predicted molar refractivity (Wildman–Crippen MR) is 66.3 cm³/mol. The Labute approximate surface area is 88.0 Å². The van der Waals surface area contributed by atoms with Gasteiger partial charge in [0.2, 0.25) is 0 Å². The fraction of sp³-hybridized carbons (Fsp3) is 0.286. The lowest BCUT2D eigenvalue weighted by molar-refractivity contribution is 1.36. The first-order chi connectivity index (χ1) is 6.65. The van der Waals surface area contributed by atoms with E-state index in [2.05, 4.69) is 51.7 Å². The molecule has 0 bridgehead atoms. The van der Waals surface area contributed by atoms with Gasteiger partial charge in [-0.1, -0.05) is 48.6 Å². The van der Waals surface area contributed by atoms with Gasteiger partial charge in [-0.05, 0) is 38.8 Å². The van der Waals surface area contributed by atoms with Gasteiger partial charge in [0.25, 0.3) is 0 Å². The van der Waals surface area contributed by atoms with Crippen molar-refractivity contribution >= 4 is 0 Å². The molecule has 0 aliphatic rings. The van der Waals surface area contributed by atoms with E-state index in [0.29, 0.717) is 0 Å². The third kappa shape index (κ3) is 4.66. The van der Waals surface area contributed by atoms with E-state index in [1.54, 1.807) is 6.08 Å². The summed E-state index contributed by atoms with van der Waals surface area (Å²) in [5, 5.41) is 0. The molecule has 0 radical (unpaired) electrons. The van der Waals surface area contributed by atoms with Crippen LogP contribution in [0.5, 0.6) is 0 Å². The lowest BCUT2D eigenvalue weighted by atomic mass is 10.0. The molecule has 0 unspecified atom stereocenters. The highest BCUT2D eigenvalue weighted by molar-refractivity contribution is 5.43. The summed E-state index contributed by atoms with van der Waals surface area (Å²) >= 11 is 0. The summed E-state index contributed by atoms with van der Waals surface area (Å²) in [5.41, 5.74) is 3.79. The molecule has 0 N–H and O–H groups in total. The van der Waals surface area contributed by atoms with Crippen LogP contribution < -0.4 is 0 Å². The van der Waals surface area contributed by atoms with Crippen LogP contribution in [-0.4, -0.2) is 0 Å². The Morgan fingerprint density at radius 3 is 2.14 bits per heavy atom. The van der Waals surface area contributed by atoms with E-state index in [9.17, 15) is 0 Å². The highest BCUT2D eigenvalue weighted by atomic mass is 14.0. The summed E-state index contributed by atoms with van der Waals surface area (Å²) in [6.45, 7) is 12.0. The van der Waals surface area contributed by atoms with Crippen molar-refractivity contribution in [3.8, 4) is 0 Å². The molecule has 0 atom stereocenters. The molecule has 0 aromatic carbocycles. The zero-order chi connectivity index (χ0) is 11.0. The Bertz CT molecular complexity index is 296. The lowest BCUT2D eigenvalue weighted by Gasteiger charge is -2.02. The molecule has 0 heterocycles. The minimum Gasteiger partial charge on any atom is -0.0991 e. The zero-order valence-corrected chi connectivity index (χ0v) is 9.67. The Balaban J connectivity index is 5.00. The minimum absolute atomic E-state index is 1.24. The lowest BCUT2D eigenvalue weighted by Crippen LogP contribution is -1.82. The van der Waals surface area contributed by atoms with Crippen molar-refractivity contribution in [3.05, 3.63) is 59.8 Å². The molecule has 0 heteroatoms. The molecule has 0 amide bonds. The number of allylic oxidation sites excluding steroid dienone is 9. The molecule has 0 rings (SSSR count). The summed E-state index contributed by atoms with van der Waals surface area (Å²) in [7, 11) is 0. The average Bonchev–Trinajstić information content (AvgIpc) is 2.22. The van der Waals surface area contributed by atoms with Gasteiger partial charge < -0.3 is 0 Å². The maximum Gasteiger partial charge on any atom is -0.0228 e. The van der Waals surface area contributed by atoms with Gasteiger partial charge in [0.05, 0.1) is 0 Å². The second kappa shape index (κ2) is 7.14. The van der Waals surface area contributed by atoms with Gasteiger partial charge in [-0.15, -0.1) is 0 Å². The number of rotatable bonds is 4. The van der Waals surface area contributed by atoms with Gasteiger partial charge in [-0.25, -0.2) is 0 Å². The molecule has 0 saturated heterocycles. The third-order valence-electron chi connectivity index (χ3n) is 2.14. The molecule has 76 valence electrons. The summed E-state index contributed by atoms with van der Waals surface area (Å²) in [6.07, 6.45) is 12.2. The standard InChI is InChI=1S/C14H20/c1-6-9-10-14(13(5)8-3)11-12(4)7-2/h6-11H,1H2,2-5H3/b10-9-,12-7+,13-8-,14-11-. The summed E-state index contributed by atoms with van der Waals surface area (Å²) in [6, 6.07) is 0. The van der Waals surface area contributed by atoms with Crippen LogP contribution in [0.2, 0.25) is 0 Å². The molecule has 0 aromatic heterocycles. The van der Waals surface area contributed by atoms with E-state index in [1.165, 1.54) is 16.7 Å². The first-order valence-electron chi connectivity index (χ1n) is 4.92. The van der Waals surface area contributed by atoms with E-state index >= 15 is 0 Å². The zero-order valence-electron chi connectivity index (χ0n) is 9.67. The second-order valence-electron chi connectivity index (χ2n) is 3.20. The Morgan fingerprint density at radius 2 is 1.71 bits per heavy atom. The maximum absolute atomic E-state index is 3.67. The highest BCUT2D eigenvalue weighted by Crippen LogP contribution is 2.13. The monoisotopic (exact) mass is 188 g/mol. The minimum atomic E-state index is 1.24. The van der Waals surface area contributed by atoms with Crippen LogP contribution in [0.4, 0.5) is 0 Å². The molecule has 0 aliphatic heterocycles. The Morgan fingerprint density at radius 1 is 1.07 bits per heavy atom. The van der Waals surface area contributed by atoms with Gasteiger partial charge in [-0.3, -0.25) is 0 Å². The van der Waals surface area contributed by atoms with Crippen LogP contribution in [0.3, 0.4) is 0 Å². The van der Waals surface area contributed by atoms with Crippen LogP contribution in [0.15, 0.2) is 59.8 Å². The topological polar surface area (TPSA) is 0 Å². The van der Waals surface area contributed by atoms with E-state index < -0.39 is 0 Å².